The quantitative estimate of drug-likeness (QED) is 0.650. The largest absolute Gasteiger partial charge is 0.493 e. The molecular weight excluding hydrogens is 329 g/mol. The summed E-state index contributed by atoms with van der Waals surface area (Å²) in [7, 11) is 0. The first-order valence-corrected chi connectivity index (χ1v) is 9.30. The molecule has 26 heavy (non-hydrogen) atoms. The molecule has 4 nitrogen and oxygen atoms in total. The second-order valence-electron chi connectivity index (χ2n) is 6.81. The van der Waals surface area contributed by atoms with E-state index in [1.165, 1.54) is 6.07 Å². The van der Waals surface area contributed by atoms with E-state index in [1.54, 1.807) is 6.07 Å². The van der Waals surface area contributed by atoms with Crippen LogP contribution in [-0.4, -0.2) is 25.2 Å². The molecule has 0 amide bonds. The number of ether oxygens (including phenoxy) is 1. The summed E-state index contributed by atoms with van der Waals surface area (Å²) in [6.45, 7) is 3.40. The Kier molecular flexibility index (Phi) is 4.78. The lowest BCUT2D eigenvalue weighted by Crippen LogP contribution is -2.42. The Morgan fingerprint density at radius 3 is 2.69 bits per heavy atom. The molecule has 2 N–H and O–H groups in total. The van der Waals surface area contributed by atoms with Gasteiger partial charge < -0.3 is 15.4 Å². The van der Waals surface area contributed by atoms with Crippen LogP contribution in [0.4, 0.5) is 4.39 Å². The van der Waals surface area contributed by atoms with Crippen LogP contribution in [0.3, 0.4) is 0 Å². The van der Waals surface area contributed by atoms with Gasteiger partial charge in [-0.2, -0.15) is 0 Å². The lowest BCUT2D eigenvalue weighted by molar-refractivity contribution is 0.261. The third kappa shape index (κ3) is 3.52. The Labute approximate surface area is 153 Å². The highest BCUT2D eigenvalue weighted by Gasteiger charge is 2.40. The zero-order valence-electron chi connectivity index (χ0n) is 14.9. The molecule has 1 aliphatic heterocycles. The molecule has 3 unspecified atom stereocenters. The van der Waals surface area contributed by atoms with Gasteiger partial charge in [0.05, 0.1) is 12.6 Å². The number of guanidine groups is 1. The molecule has 1 fully saturated rings. The van der Waals surface area contributed by atoms with Crippen LogP contribution < -0.4 is 15.4 Å². The fourth-order valence-electron chi connectivity index (χ4n) is 3.60. The van der Waals surface area contributed by atoms with E-state index in [4.69, 9.17) is 4.74 Å². The average Bonchev–Trinajstić information content (AvgIpc) is 3.41. The molecule has 0 spiro atoms. The number of hydrogen-bond donors (Lipinski definition) is 2. The topological polar surface area (TPSA) is 45.7 Å². The van der Waals surface area contributed by atoms with Crippen molar-refractivity contribution < 1.29 is 9.13 Å². The monoisotopic (exact) mass is 353 g/mol. The Morgan fingerprint density at radius 1 is 1.12 bits per heavy atom. The molecule has 2 aromatic rings. The van der Waals surface area contributed by atoms with E-state index in [2.05, 4.69) is 21.7 Å². The molecule has 1 heterocycles. The normalized spacial score (nSPS) is 24.4. The van der Waals surface area contributed by atoms with Crippen molar-refractivity contribution in [1.82, 2.24) is 10.6 Å². The van der Waals surface area contributed by atoms with Gasteiger partial charge in [0.2, 0.25) is 0 Å². The lowest BCUT2D eigenvalue weighted by Gasteiger charge is -2.28. The van der Waals surface area contributed by atoms with E-state index in [0.717, 1.165) is 35.7 Å². The van der Waals surface area contributed by atoms with Crippen LogP contribution in [0.5, 0.6) is 5.75 Å². The minimum atomic E-state index is -0.123. The zero-order chi connectivity index (χ0) is 17.9. The maximum atomic E-state index is 14.0. The number of aliphatic imine (C=N–C) groups is 1. The summed E-state index contributed by atoms with van der Waals surface area (Å²) in [5.41, 5.74) is 1.95. The van der Waals surface area contributed by atoms with Crippen LogP contribution in [0.15, 0.2) is 53.5 Å². The summed E-state index contributed by atoms with van der Waals surface area (Å²) < 4.78 is 19.7. The van der Waals surface area contributed by atoms with Crippen LogP contribution in [0.25, 0.3) is 0 Å². The van der Waals surface area contributed by atoms with Crippen LogP contribution in [0, 0.1) is 5.82 Å². The summed E-state index contributed by atoms with van der Waals surface area (Å²) in [6.07, 6.45) is 1.82. The summed E-state index contributed by atoms with van der Waals surface area (Å²) in [4.78, 5) is 4.58. The number of fused-ring (bicyclic) bond motifs is 1. The van der Waals surface area contributed by atoms with Crippen LogP contribution in [0.2, 0.25) is 0 Å². The molecule has 5 heteroatoms. The summed E-state index contributed by atoms with van der Waals surface area (Å²) >= 11 is 0. The van der Waals surface area contributed by atoms with Gasteiger partial charge in [0.25, 0.3) is 0 Å². The fourth-order valence-corrected chi connectivity index (χ4v) is 3.60. The van der Waals surface area contributed by atoms with Crippen molar-refractivity contribution in [2.24, 2.45) is 4.99 Å². The van der Waals surface area contributed by atoms with Gasteiger partial charge in [-0.25, -0.2) is 4.39 Å². The molecule has 0 radical (unpaired) electrons. The maximum absolute atomic E-state index is 14.0. The molecule has 1 aliphatic carbocycles. The standard InChI is InChI=1S/C21H24FN3O/c1-2-23-21(24-18-11-12-26-20-10-6-4-8-15(18)20)25-19-13-16(19)14-7-3-5-9-17(14)22/h3-10,16,18-19H,2,11-13H2,1H3,(H2,23,24,25). The number of para-hydroxylation sites is 1. The molecule has 1 saturated carbocycles. The summed E-state index contributed by atoms with van der Waals surface area (Å²) in [5, 5.41) is 7.01. The van der Waals surface area contributed by atoms with Crippen molar-refractivity contribution in [3.63, 3.8) is 0 Å². The highest BCUT2D eigenvalue weighted by molar-refractivity contribution is 5.81. The first kappa shape index (κ1) is 16.9. The third-order valence-corrected chi connectivity index (χ3v) is 5.00. The SMILES string of the molecule is CCN=C(NC1CCOc2ccccc21)NC1CC1c1ccccc1F. The Balaban J connectivity index is 1.44. The molecular formula is C21H24FN3O. The summed E-state index contributed by atoms with van der Waals surface area (Å²) in [5.74, 6) is 1.81. The van der Waals surface area contributed by atoms with E-state index in [-0.39, 0.29) is 23.8 Å². The van der Waals surface area contributed by atoms with E-state index in [1.807, 2.05) is 37.3 Å². The lowest BCUT2D eigenvalue weighted by atomic mass is 10.0. The molecule has 4 rings (SSSR count). The highest BCUT2D eigenvalue weighted by atomic mass is 19.1. The fraction of sp³-hybridized carbons (Fsp3) is 0.381. The molecule has 3 atom stereocenters. The van der Waals surface area contributed by atoms with E-state index in [0.29, 0.717) is 13.2 Å². The number of rotatable bonds is 4. The van der Waals surface area contributed by atoms with E-state index < -0.39 is 0 Å². The Bertz CT molecular complexity index is 807. The van der Waals surface area contributed by atoms with Crippen molar-refractivity contribution in [3.05, 3.63) is 65.5 Å². The molecule has 0 saturated heterocycles. The molecule has 2 aliphatic rings. The third-order valence-electron chi connectivity index (χ3n) is 5.00. The molecule has 0 aromatic heterocycles. The van der Waals surface area contributed by atoms with Crippen molar-refractivity contribution in [2.75, 3.05) is 13.2 Å². The van der Waals surface area contributed by atoms with Crippen LogP contribution in [0.1, 0.15) is 42.9 Å². The Hall–Kier alpha value is -2.56. The maximum Gasteiger partial charge on any atom is 0.191 e. The Morgan fingerprint density at radius 2 is 1.88 bits per heavy atom. The molecule has 0 bridgehead atoms. The second kappa shape index (κ2) is 7.36. The van der Waals surface area contributed by atoms with E-state index in [9.17, 15) is 4.39 Å². The number of halogens is 1. The van der Waals surface area contributed by atoms with Gasteiger partial charge in [0.1, 0.15) is 11.6 Å². The van der Waals surface area contributed by atoms with Crippen molar-refractivity contribution in [1.29, 1.82) is 0 Å². The van der Waals surface area contributed by atoms with Gasteiger partial charge in [-0.1, -0.05) is 36.4 Å². The van der Waals surface area contributed by atoms with Gasteiger partial charge in [-0.05, 0) is 31.0 Å². The minimum Gasteiger partial charge on any atom is -0.493 e. The summed E-state index contributed by atoms with van der Waals surface area (Å²) in [6, 6.07) is 15.5. The van der Waals surface area contributed by atoms with Crippen molar-refractivity contribution in [3.8, 4) is 5.75 Å². The van der Waals surface area contributed by atoms with Gasteiger partial charge in [-0.15, -0.1) is 0 Å². The zero-order valence-corrected chi connectivity index (χ0v) is 14.9. The number of benzene rings is 2. The predicted octanol–water partition coefficient (Wildman–Crippen LogP) is 3.76. The first-order valence-electron chi connectivity index (χ1n) is 9.30. The second-order valence-corrected chi connectivity index (χ2v) is 6.81. The van der Waals surface area contributed by atoms with E-state index >= 15 is 0 Å². The first-order chi connectivity index (χ1) is 12.8. The smallest absolute Gasteiger partial charge is 0.191 e. The number of nitrogens with one attached hydrogen (secondary N) is 2. The minimum absolute atomic E-state index is 0.123. The van der Waals surface area contributed by atoms with Crippen molar-refractivity contribution >= 4 is 5.96 Å². The highest BCUT2D eigenvalue weighted by Crippen LogP contribution is 2.42. The molecule has 2 aromatic carbocycles. The van der Waals surface area contributed by atoms with Gasteiger partial charge in [-0.3, -0.25) is 4.99 Å². The van der Waals surface area contributed by atoms with Crippen LogP contribution >= 0.6 is 0 Å². The predicted molar refractivity (Wildman–Crippen MR) is 101 cm³/mol. The van der Waals surface area contributed by atoms with Crippen LogP contribution in [-0.2, 0) is 0 Å². The molecule has 136 valence electrons. The van der Waals surface area contributed by atoms with Crippen molar-refractivity contribution in [2.45, 2.75) is 37.8 Å². The average molecular weight is 353 g/mol. The van der Waals surface area contributed by atoms with Gasteiger partial charge in [0.15, 0.2) is 5.96 Å². The number of hydrogen-bond acceptors (Lipinski definition) is 2. The van der Waals surface area contributed by atoms with Gasteiger partial charge >= 0.3 is 0 Å². The number of nitrogens with zero attached hydrogens (tertiary/aromatic N) is 1. The van der Waals surface area contributed by atoms with Gasteiger partial charge in [0, 0.05) is 30.5 Å².